The molecule has 4 aliphatic rings. The number of alkyl halides is 1. The van der Waals surface area contributed by atoms with Gasteiger partial charge in [0.2, 0.25) is 0 Å². The van der Waals surface area contributed by atoms with E-state index >= 15 is 0 Å². The van der Waals surface area contributed by atoms with E-state index in [4.69, 9.17) is 4.74 Å². The molecule has 8 heteroatoms. The molecule has 2 atom stereocenters. The summed E-state index contributed by atoms with van der Waals surface area (Å²) in [6.07, 6.45) is 10.9. The van der Waals surface area contributed by atoms with E-state index in [1.807, 2.05) is 30.4 Å². The number of halogens is 1. The van der Waals surface area contributed by atoms with Crippen LogP contribution in [-0.2, 0) is 9.53 Å². The molecule has 2 aliphatic heterocycles. The van der Waals surface area contributed by atoms with E-state index in [-0.39, 0.29) is 0 Å². The Morgan fingerprint density at radius 3 is 1.97 bits per heavy atom. The van der Waals surface area contributed by atoms with Crippen LogP contribution in [0.1, 0.15) is 12.1 Å². The second kappa shape index (κ2) is 6.18. The standard InChI is InChI=1S/C21H16BrN3O4/c1-29-18(26)21(22)14-9-5-6-10-15(21)17-12-11-16(14)24-19(27)23(20(28)25(17)24)13-7-3-2-4-8-13/h2-12,16-17H,1H3/t16-,17-/m0/s1. The maximum atomic E-state index is 13.4. The van der Waals surface area contributed by atoms with Gasteiger partial charge < -0.3 is 4.74 Å². The lowest BCUT2D eigenvalue weighted by Gasteiger charge is -2.29. The minimum Gasteiger partial charge on any atom is -0.467 e. The zero-order valence-corrected chi connectivity index (χ0v) is 16.9. The lowest BCUT2D eigenvalue weighted by Crippen LogP contribution is -2.40. The number of carbonyl (C=O) groups excluding carboxylic acids is 1. The van der Waals surface area contributed by atoms with Crippen molar-refractivity contribution in [3.8, 4) is 5.69 Å². The van der Waals surface area contributed by atoms with Crippen LogP contribution in [0.2, 0.25) is 0 Å². The van der Waals surface area contributed by atoms with Crippen molar-refractivity contribution in [3.05, 3.63) is 98.9 Å². The number of para-hydroxylation sites is 1. The van der Waals surface area contributed by atoms with Crippen molar-refractivity contribution in [1.82, 2.24) is 13.9 Å². The Morgan fingerprint density at radius 1 is 0.966 bits per heavy atom. The molecule has 0 saturated carbocycles. The summed E-state index contributed by atoms with van der Waals surface area (Å²) in [5, 5.41) is 0. The Labute approximate surface area is 173 Å². The maximum Gasteiger partial charge on any atom is 0.352 e. The second-order valence-electron chi connectivity index (χ2n) is 6.98. The highest BCUT2D eigenvalue weighted by Crippen LogP contribution is 2.51. The van der Waals surface area contributed by atoms with Gasteiger partial charge in [0.1, 0.15) is 0 Å². The summed E-state index contributed by atoms with van der Waals surface area (Å²) in [5.74, 6) is -0.500. The number of hydrogen-bond acceptors (Lipinski definition) is 4. The van der Waals surface area contributed by atoms with Gasteiger partial charge in [0, 0.05) is 0 Å². The third kappa shape index (κ3) is 2.20. The first-order chi connectivity index (χ1) is 14.0. The van der Waals surface area contributed by atoms with E-state index in [9.17, 15) is 14.4 Å². The normalized spacial score (nSPS) is 26.3. The molecule has 6 rings (SSSR count). The molecule has 0 fully saturated rings. The zero-order valence-electron chi connectivity index (χ0n) is 15.4. The SMILES string of the molecule is COC(=O)C1(Br)C2=CC=CC=C1[C@@H]1C=C[C@@H]2n2c(=O)n(-c3ccccc3)c(=O)n21. The molecular weight excluding hydrogens is 438 g/mol. The topological polar surface area (TPSA) is 75.2 Å². The van der Waals surface area contributed by atoms with Crippen molar-refractivity contribution in [2.45, 2.75) is 16.4 Å². The van der Waals surface area contributed by atoms with Crippen molar-refractivity contribution in [2.75, 3.05) is 7.11 Å². The summed E-state index contributed by atoms with van der Waals surface area (Å²) in [6, 6.07) is 7.56. The van der Waals surface area contributed by atoms with Crippen LogP contribution in [0, 0.1) is 0 Å². The third-order valence-corrected chi connectivity index (χ3v) is 6.83. The fourth-order valence-electron chi connectivity index (χ4n) is 4.32. The number of esters is 1. The molecule has 1 aromatic heterocycles. The highest BCUT2D eigenvalue weighted by atomic mass is 79.9. The van der Waals surface area contributed by atoms with Crippen LogP contribution in [0.5, 0.6) is 0 Å². The minimum absolute atomic E-state index is 0.461. The second-order valence-corrected chi connectivity index (χ2v) is 8.17. The summed E-state index contributed by atoms with van der Waals surface area (Å²) in [5.41, 5.74) is 0.800. The molecule has 146 valence electrons. The number of aromatic nitrogens is 3. The Hall–Kier alpha value is -3.13. The highest BCUT2D eigenvalue weighted by molar-refractivity contribution is 9.10. The van der Waals surface area contributed by atoms with E-state index in [2.05, 4.69) is 15.9 Å². The molecule has 4 bridgehead atoms. The molecule has 29 heavy (non-hydrogen) atoms. The van der Waals surface area contributed by atoms with Crippen LogP contribution in [-0.4, -0.2) is 31.3 Å². The monoisotopic (exact) mass is 453 g/mol. The first-order valence-electron chi connectivity index (χ1n) is 9.06. The first-order valence-corrected chi connectivity index (χ1v) is 9.86. The van der Waals surface area contributed by atoms with Crippen molar-refractivity contribution < 1.29 is 9.53 Å². The molecule has 0 N–H and O–H groups in total. The van der Waals surface area contributed by atoms with Gasteiger partial charge in [-0.05, 0) is 23.3 Å². The van der Waals surface area contributed by atoms with E-state index < -0.39 is 33.8 Å². The van der Waals surface area contributed by atoms with Crippen LogP contribution in [0.3, 0.4) is 0 Å². The van der Waals surface area contributed by atoms with Crippen LogP contribution in [0.4, 0.5) is 0 Å². The molecule has 0 spiro atoms. The number of methoxy groups -OCH3 is 1. The minimum atomic E-state index is -1.27. The van der Waals surface area contributed by atoms with Crippen LogP contribution >= 0.6 is 15.9 Å². The average Bonchev–Trinajstić information content (AvgIpc) is 2.86. The Kier molecular flexibility index (Phi) is 3.82. The zero-order chi connectivity index (χ0) is 20.3. The number of nitrogens with zero attached hydrogens (tertiary/aromatic N) is 3. The molecule has 0 saturated heterocycles. The van der Waals surface area contributed by atoms with E-state index in [0.29, 0.717) is 16.8 Å². The Bertz CT molecular complexity index is 1210. The predicted molar refractivity (Wildman–Crippen MR) is 110 cm³/mol. The number of carbonyl (C=O) groups is 1. The quantitative estimate of drug-likeness (QED) is 0.396. The first kappa shape index (κ1) is 17.9. The predicted octanol–water partition coefficient (Wildman–Crippen LogP) is 2.20. The molecular formula is C21H16BrN3O4. The maximum absolute atomic E-state index is 13.4. The fourth-order valence-corrected chi connectivity index (χ4v) is 5.21. The molecule has 0 amide bonds. The van der Waals surface area contributed by atoms with Crippen LogP contribution in [0.15, 0.2) is 87.5 Å². The molecule has 1 aromatic carbocycles. The lowest BCUT2D eigenvalue weighted by atomic mass is 9.86. The van der Waals surface area contributed by atoms with Crippen molar-refractivity contribution in [3.63, 3.8) is 0 Å². The average molecular weight is 454 g/mol. The number of rotatable bonds is 2. The van der Waals surface area contributed by atoms with E-state index in [1.54, 1.807) is 36.4 Å². The Morgan fingerprint density at radius 2 is 1.48 bits per heavy atom. The largest absolute Gasteiger partial charge is 0.467 e. The van der Waals surface area contributed by atoms with Crippen LogP contribution < -0.4 is 11.4 Å². The van der Waals surface area contributed by atoms with Gasteiger partial charge in [-0.3, -0.25) is 0 Å². The molecule has 2 aliphatic carbocycles. The van der Waals surface area contributed by atoms with Crippen LogP contribution in [0.25, 0.3) is 5.69 Å². The number of allylic oxidation sites excluding steroid dienone is 6. The van der Waals surface area contributed by atoms with Gasteiger partial charge in [-0.15, -0.1) is 0 Å². The van der Waals surface area contributed by atoms with Gasteiger partial charge in [0.25, 0.3) is 0 Å². The lowest BCUT2D eigenvalue weighted by molar-refractivity contribution is -0.141. The van der Waals surface area contributed by atoms with Crippen molar-refractivity contribution in [2.24, 2.45) is 0 Å². The summed E-state index contributed by atoms with van der Waals surface area (Å²) in [6.45, 7) is 0. The molecule has 3 heterocycles. The van der Waals surface area contributed by atoms with Gasteiger partial charge in [-0.1, -0.05) is 70.6 Å². The van der Waals surface area contributed by atoms with Gasteiger partial charge >= 0.3 is 17.3 Å². The fraction of sp³-hybridized carbons (Fsp3) is 0.190. The third-order valence-electron chi connectivity index (χ3n) is 5.59. The summed E-state index contributed by atoms with van der Waals surface area (Å²) in [4.78, 5) is 39.6. The smallest absolute Gasteiger partial charge is 0.352 e. The van der Waals surface area contributed by atoms with Gasteiger partial charge in [0.05, 0.1) is 24.9 Å². The highest BCUT2D eigenvalue weighted by Gasteiger charge is 2.54. The van der Waals surface area contributed by atoms with Crippen molar-refractivity contribution >= 4 is 21.9 Å². The molecule has 7 nitrogen and oxygen atoms in total. The number of benzene rings is 1. The molecule has 0 unspecified atom stereocenters. The molecule has 0 radical (unpaired) electrons. The van der Waals surface area contributed by atoms with Gasteiger partial charge in [-0.2, -0.15) is 0 Å². The van der Waals surface area contributed by atoms with Gasteiger partial charge in [0.15, 0.2) is 4.32 Å². The summed E-state index contributed by atoms with van der Waals surface area (Å²) >= 11 is 3.61. The summed E-state index contributed by atoms with van der Waals surface area (Å²) in [7, 11) is 1.32. The van der Waals surface area contributed by atoms with E-state index in [0.717, 1.165) is 4.57 Å². The Balaban J connectivity index is 1.85. The van der Waals surface area contributed by atoms with Crippen molar-refractivity contribution in [1.29, 1.82) is 0 Å². The molecule has 2 aromatic rings. The summed E-state index contributed by atoms with van der Waals surface area (Å²) < 4.78 is 7.82. The number of hydrogen-bond donors (Lipinski definition) is 0. The van der Waals surface area contributed by atoms with E-state index in [1.165, 1.54) is 16.5 Å². The van der Waals surface area contributed by atoms with Gasteiger partial charge in [-0.25, -0.2) is 28.3 Å². The number of ether oxygens (including phenoxy) is 1.